The maximum Gasteiger partial charge on any atom is 0.231 e. The molecule has 0 spiro atoms. The van der Waals surface area contributed by atoms with Crippen LogP contribution in [0.1, 0.15) is 15.9 Å². The molecule has 0 bridgehead atoms. The summed E-state index contributed by atoms with van der Waals surface area (Å²) in [7, 11) is 0. The molecule has 0 aliphatic carbocycles. The van der Waals surface area contributed by atoms with Crippen LogP contribution >= 0.6 is 11.8 Å². The van der Waals surface area contributed by atoms with E-state index in [1.165, 1.54) is 11.8 Å². The van der Waals surface area contributed by atoms with E-state index >= 15 is 0 Å². The van der Waals surface area contributed by atoms with Crippen LogP contribution < -0.4 is 18.9 Å². The highest BCUT2D eigenvalue weighted by atomic mass is 32.2. The summed E-state index contributed by atoms with van der Waals surface area (Å²) in [6, 6.07) is 12.6. The van der Waals surface area contributed by atoms with E-state index in [4.69, 9.17) is 18.9 Å². The number of ketones is 1. The maximum atomic E-state index is 12.7. The van der Waals surface area contributed by atoms with Crippen molar-refractivity contribution in [3.05, 3.63) is 47.5 Å². The SMILES string of the molecule is N#Cc1cc2cc3c(cc2nc1SCC(=O)c1ccc2c(c1)OCCO2)OCO3. The lowest BCUT2D eigenvalue weighted by Crippen LogP contribution is -2.16. The first kappa shape index (κ1) is 17.6. The summed E-state index contributed by atoms with van der Waals surface area (Å²) in [6.07, 6.45) is 0. The molecule has 1 aromatic heterocycles. The van der Waals surface area contributed by atoms with Gasteiger partial charge in [-0.2, -0.15) is 5.26 Å². The van der Waals surface area contributed by atoms with Gasteiger partial charge in [-0.25, -0.2) is 4.98 Å². The number of fused-ring (bicyclic) bond motifs is 3. The Hall–Kier alpha value is -3.44. The first-order chi connectivity index (χ1) is 14.2. The molecule has 2 aliphatic rings. The van der Waals surface area contributed by atoms with Crippen LogP contribution in [0, 0.1) is 11.3 Å². The summed E-state index contributed by atoms with van der Waals surface area (Å²) in [6.45, 7) is 1.13. The molecule has 2 aromatic carbocycles. The van der Waals surface area contributed by atoms with Crippen LogP contribution in [0.15, 0.2) is 41.4 Å². The van der Waals surface area contributed by atoms with Crippen molar-refractivity contribution in [3.8, 4) is 29.1 Å². The minimum Gasteiger partial charge on any atom is -0.486 e. The molecule has 0 amide bonds. The number of thioether (sulfide) groups is 1. The summed E-state index contributed by atoms with van der Waals surface area (Å²) < 4.78 is 21.8. The van der Waals surface area contributed by atoms with Crippen molar-refractivity contribution in [1.29, 1.82) is 5.26 Å². The predicted octanol–water partition coefficient (Wildman–Crippen LogP) is 3.58. The van der Waals surface area contributed by atoms with Gasteiger partial charge < -0.3 is 18.9 Å². The zero-order valence-electron chi connectivity index (χ0n) is 15.1. The molecule has 0 radical (unpaired) electrons. The number of ether oxygens (including phenoxy) is 4. The van der Waals surface area contributed by atoms with E-state index < -0.39 is 0 Å². The quantitative estimate of drug-likeness (QED) is 0.480. The molecular weight excluding hydrogens is 392 g/mol. The van der Waals surface area contributed by atoms with Crippen LogP contribution in [0.25, 0.3) is 10.9 Å². The second kappa shape index (κ2) is 7.18. The summed E-state index contributed by atoms with van der Waals surface area (Å²) in [5.41, 5.74) is 1.63. The molecule has 3 aromatic rings. The number of carbonyl (C=O) groups is 1. The highest BCUT2D eigenvalue weighted by molar-refractivity contribution is 8.00. The van der Waals surface area contributed by atoms with Crippen molar-refractivity contribution >= 4 is 28.4 Å². The van der Waals surface area contributed by atoms with Gasteiger partial charge in [0.1, 0.15) is 24.3 Å². The summed E-state index contributed by atoms with van der Waals surface area (Å²) in [5.74, 6) is 2.54. The molecule has 2 aliphatic heterocycles. The van der Waals surface area contributed by atoms with E-state index in [1.54, 1.807) is 36.4 Å². The number of hydrogen-bond donors (Lipinski definition) is 0. The van der Waals surface area contributed by atoms with Crippen molar-refractivity contribution in [1.82, 2.24) is 4.98 Å². The topological polar surface area (TPSA) is 90.7 Å². The van der Waals surface area contributed by atoms with Gasteiger partial charge in [0.25, 0.3) is 0 Å². The second-order valence-corrected chi connectivity index (χ2v) is 7.39. The molecule has 8 heteroatoms. The van der Waals surface area contributed by atoms with Gasteiger partial charge in [0.2, 0.25) is 6.79 Å². The lowest BCUT2D eigenvalue weighted by Gasteiger charge is -2.18. The first-order valence-electron chi connectivity index (χ1n) is 8.91. The molecule has 0 N–H and O–H groups in total. The fraction of sp³-hybridized carbons (Fsp3) is 0.190. The molecule has 0 fully saturated rings. The Kier molecular flexibility index (Phi) is 4.37. The van der Waals surface area contributed by atoms with Gasteiger partial charge in [-0.1, -0.05) is 11.8 Å². The normalized spacial score (nSPS) is 13.9. The summed E-state index contributed by atoms with van der Waals surface area (Å²) in [5, 5.41) is 10.8. The second-order valence-electron chi connectivity index (χ2n) is 6.42. The predicted molar refractivity (Wildman–Crippen MR) is 105 cm³/mol. The largest absolute Gasteiger partial charge is 0.486 e. The van der Waals surface area contributed by atoms with Gasteiger partial charge in [-0.15, -0.1) is 0 Å². The zero-order valence-corrected chi connectivity index (χ0v) is 16.0. The third-order valence-corrected chi connectivity index (χ3v) is 5.59. The molecule has 5 rings (SSSR count). The molecular formula is C21H14N2O5S. The Bertz CT molecular complexity index is 1190. The number of aromatic nitrogens is 1. The van der Waals surface area contributed by atoms with Gasteiger partial charge in [-0.05, 0) is 30.3 Å². The summed E-state index contributed by atoms with van der Waals surface area (Å²) in [4.78, 5) is 17.2. The Morgan fingerprint density at radius 3 is 2.59 bits per heavy atom. The molecule has 144 valence electrons. The van der Waals surface area contributed by atoms with Gasteiger partial charge in [0.15, 0.2) is 28.8 Å². The highest BCUT2D eigenvalue weighted by Crippen LogP contribution is 2.37. The van der Waals surface area contributed by atoms with Crippen molar-refractivity contribution in [2.24, 2.45) is 0 Å². The van der Waals surface area contributed by atoms with Gasteiger partial charge in [-0.3, -0.25) is 4.79 Å². The monoisotopic (exact) mass is 406 g/mol. The minimum absolute atomic E-state index is 0.0801. The molecule has 7 nitrogen and oxygen atoms in total. The number of hydrogen-bond acceptors (Lipinski definition) is 8. The van der Waals surface area contributed by atoms with Crippen LogP contribution in [0.5, 0.6) is 23.0 Å². The molecule has 0 unspecified atom stereocenters. The van der Waals surface area contributed by atoms with E-state index in [2.05, 4.69) is 11.1 Å². The van der Waals surface area contributed by atoms with E-state index in [1.807, 2.05) is 0 Å². The van der Waals surface area contributed by atoms with E-state index in [9.17, 15) is 10.1 Å². The minimum atomic E-state index is -0.0801. The molecule has 3 heterocycles. The maximum absolute atomic E-state index is 12.7. The third kappa shape index (κ3) is 3.30. The Morgan fingerprint density at radius 1 is 1.00 bits per heavy atom. The number of benzene rings is 2. The Balaban J connectivity index is 1.39. The molecule has 0 atom stereocenters. The fourth-order valence-corrected chi connectivity index (χ4v) is 4.03. The lowest BCUT2D eigenvalue weighted by molar-refractivity contribution is 0.102. The number of nitriles is 1. The number of carbonyl (C=O) groups excluding carboxylic acids is 1. The number of pyridine rings is 1. The average Bonchev–Trinajstić information content (AvgIpc) is 3.22. The Morgan fingerprint density at radius 2 is 1.76 bits per heavy atom. The van der Waals surface area contributed by atoms with Crippen molar-refractivity contribution in [2.45, 2.75) is 5.03 Å². The van der Waals surface area contributed by atoms with Crippen LogP contribution in [0.3, 0.4) is 0 Å². The van der Waals surface area contributed by atoms with E-state index in [0.29, 0.717) is 57.9 Å². The number of Topliss-reactive ketones (excluding diaryl/α,β-unsaturated/α-hetero) is 1. The molecule has 0 saturated carbocycles. The highest BCUT2D eigenvalue weighted by Gasteiger charge is 2.18. The van der Waals surface area contributed by atoms with Crippen molar-refractivity contribution < 1.29 is 23.7 Å². The van der Waals surface area contributed by atoms with E-state index in [0.717, 1.165) is 5.39 Å². The smallest absolute Gasteiger partial charge is 0.231 e. The van der Waals surface area contributed by atoms with E-state index in [-0.39, 0.29) is 18.3 Å². The van der Waals surface area contributed by atoms with Gasteiger partial charge in [0, 0.05) is 17.0 Å². The van der Waals surface area contributed by atoms with Crippen LogP contribution in [-0.2, 0) is 0 Å². The average molecular weight is 406 g/mol. The first-order valence-corrected chi connectivity index (χ1v) is 9.90. The van der Waals surface area contributed by atoms with Crippen LogP contribution in [0.4, 0.5) is 0 Å². The van der Waals surface area contributed by atoms with Crippen molar-refractivity contribution in [3.63, 3.8) is 0 Å². The molecule has 0 saturated heterocycles. The van der Waals surface area contributed by atoms with Gasteiger partial charge >= 0.3 is 0 Å². The van der Waals surface area contributed by atoms with Crippen LogP contribution in [-0.4, -0.2) is 36.5 Å². The van der Waals surface area contributed by atoms with Crippen molar-refractivity contribution in [2.75, 3.05) is 25.8 Å². The standard InChI is InChI=1S/C21H14N2O5S/c22-9-14-5-13-7-19-20(28-11-27-19)8-15(13)23-21(14)29-10-16(24)12-1-2-17-18(6-12)26-4-3-25-17/h1-2,5-8H,3-4,10-11H2. The number of rotatable bonds is 4. The number of nitrogens with zero attached hydrogens (tertiary/aromatic N) is 2. The third-order valence-electron chi connectivity index (χ3n) is 4.60. The molecule has 29 heavy (non-hydrogen) atoms. The lowest BCUT2D eigenvalue weighted by atomic mass is 10.1. The Labute approximate surface area is 170 Å². The van der Waals surface area contributed by atoms with Gasteiger partial charge in [0.05, 0.1) is 16.8 Å². The fourth-order valence-electron chi connectivity index (χ4n) is 3.17. The zero-order chi connectivity index (χ0) is 19.8. The summed E-state index contributed by atoms with van der Waals surface area (Å²) >= 11 is 1.23. The van der Waals surface area contributed by atoms with Crippen LogP contribution in [0.2, 0.25) is 0 Å².